The fourth-order valence-electron chi connectivity index (χ4n) is 4.98. The Hall–Kier alpha value is -5.19. The molecule has 6 rings (SSSR count). The molecule has 0 fully saturated rings. The summed E-state index contributed by atoms with van der Waals surface area (Å²) in [6.07, 6.45) is 2.08. The van der Waals surface area contributed by atoms with Crippen molar-refractivity contribution in [3.05, 3.63) is 101 Å². The van der Waals surface area contributed by atoms with Crippen LogP contribution in [0.5, 0.6) is 5.75 Å². The van der Waals surface area contributed by atoms with Gasteiger partial charge in [-0.1, -0.05) is 23.4 Å². The van der Waals surface area contributed by atoms with Crippen LogP contribution in [0.2, 0.25) is 0 Å². The van der Waals surface area contributed by atoms with Crippen molar-refractivity contribution in [2.75, 3.05) is 6.61 Å². The predicted octanol–water partition coefficient (Wildman–Crippen LogP) is 3.28. The van der Waals surface area contributed by atoms with Gasteiger partial charge in [0.05, 0.1) is 30.7 Å². The van der Waals surface area contributed by atoms with E-state index in [4.69, 9.17) is 14.9 Å². The second-order valence-electron chi connectivity index (χ2n) is 9.77. The molecule has 3 N–H and O–H groups in total. The van der Waals surface area contributed by atoms with Crippen molar-refractivity contribution in [3.8, 4) is 22.8 Å². The number of aryl methyl sites for hydroxylation is 2. The summed E-state index contributed by atoms with van der Waals surface area (Å²) >= 11 is 0. The number of amides is 2. The highest BCUT2D eigenvalue weighted by molar-refractivity contribution is 5.98. The maximum atomic E-state index is 13.2. The lowest BCUT2D eigenvalue weighted by Gasteiger charge is -2.36. The van der Waals surface area contributed by atoms with Gasteiger partial charge >= 0.3 is 0 Å². The number of carbonyl (C=O) groups is 2. The number of benzene rings is 2. The molecule has 1 atom stereocenters. The summed E-state index contributed by atoms with van der Waals surface area (Å²) in [7, 11) is 0. The molecule has 40 heavy (non-hydrogen) atoms. The van der Waals surface area contributed by atoms with E-state index in [-0.39, 0.29) is 18.8 Å². The number of hydrogen-bond acceptors (Lipinski definition) is 7. The van der Waals surface area contributed by atoms with Crippen molar-refractivity contribution in [3.63, 3.8) is 0 Å². The van der Waals surface area contributed by atoms with Crippen LogP contribution in [-0.2, 0) is 16.9 Å². The highest BCUT2D eigenvalue weighted by Crippen LogP contribution is 2.37. The third kappa shape index (κ3) is 4.51. The Kier molecular flexibility index (Phi) is 6.18. The molecule has 1 aliphatic heterocycles. The number of primary amides is 1. The van der Waals surface area contributed by atoms with Gasteiger partial charge in [-0.2, -0.15) is 5.10 Å². The Morgan fingerprint density at radius 1 is 1.07 bits per heavy atom. The number of rotatable bonds is 7. The molecule has 0 radical (unpaired) electrons. The zero-order valence-corrected chi connectivity index (χ0v) is 22.0. The molecule has 0 bridgehead atoms. The maximum Gasteiger partial charge on any atom is 0.288 e. The van der Waals surface area contributed by atoms with Gasteiger partial charge in [-0.25, -0.2) is 4.68 Å². The Balaban J connectivity index is 1.18. The quantitative estimate of drug-likeness (QED) is 0.324. The average Bonchev–Trinajstić information content (AvgIpc) is 3.70. The van der Waals surface area contributed by atoms with Gasteiger partial charge < -0.3 is 20.2 Å². The first-order valence-corrected chi connectivity index (χ1v) is 12.8. The SMILES string of the molecule is Cc1cc(C)n(Cc2cn(-c3ccc(-c4ccc(C(=O)NC5(C(N)=O)CCOc6ccccc65)o4)cc3)nn2)n1. The molecule has 1 unspecified atom stereocenters. The van der Waals surface area contributed by atoms with E-state index >= 15 is 0 Å². The van der Waals surface area contributed by atoms with E-state index in [2.05, 4.69) is 20.7 Å². The lowest BCUT2D eigenvalue weighted by Crippen LogP contribution is -2.57. The Morgan fingerprint density at radius 3 is 2.62 bits per heavy atom. The fraction of sp³-hybridized carbons (Fsp3) is 0.207. The third-order valence-corrected chi connectivity index (χ3v) is 7.03. The van der Waals surface area contributed by atoms with E-state index in [0.29, 0.717) is 23.6 Å². The second kappa shape index (κ2) is 9.84. The molecule has 0 aliphatic carbocycles. The summed E-state index contributed by atoms with van der Waals surface area (Å²) in [5.74, 6) is -0.129. The van der Waals surface area contributed by atoms with Gasteiger partial charge in [0.1, 0.15) is 17.2 Å². The van der Waals surface area contributed by atoms with Gasteiger partial charge in [-0.05, 0) is 62.4 Å². The van der Waals surface area contributed by atoms with Crippen LogP contribution in [-0.4, -0.2) is 43.2 Å². The summed E-state index contributed by atoms with van der Waals surface area (Å²) in [5, 5.41) is 15.8. The number of aromatic nitrogens is 5. The number of carbonyl (C=O) groups excluding carboxylic acids is 2. The molecule has 2 amide bonds. The largest absolute Gasteiger partial charge is 0.493 e. The van der Waals surface area contributed by atoms with Crippen LogP contribution in [0.15, 0.2) is 77.3 Å². The molecule has 3 aromatic heterocycles. The zero-order valence-electron chi connectivity index (χ0n) is 22.0. The standard InChI is InChI=1S/C29H27N7O4/c1-18-15-19(2)35(33-18)16-21-17-36(34-32-21)22-9-7-20(8-10-22)24-11-12-26(40-24)27(37)31-29(28(30)38)13-14-39-25-6-4-3-5-23(25)29/h3-12,15,17H,13-14,16H2,1-2H3,(H2,30,38)(H,31,37). The monoisotopic (exact) mass is 537 g/mol. The topological polar surface area (TPSA) is 143 Å². The van der Waals surface area contributed by atoms with E-state index in [0.717, 1.165) is 28.3 Å². The molecule has 11 heteroatoms. The predicted molar refractivity (Wildman–Crippen MR) is 145 cm³/mol. The van der Waals surface area contributed by atoms with Crippen molar-refractivity contribution < 1.29 is 18.7 Å². The zero-order chi connectivity index (χ0) is 27.9. The highest BCUT2D eigenvalue weighted by atomic mass is 16.5. The summed E-state index contributed by atoms with van der Waals surface area (Å²) in [4.78, 5) is 25.8. The smallest absolute Gasteiger partial charge is 0.288 e. The van der Waals surface area contributed by atoms with Crippen molar-refractivity contribution in [2.45, 2.75) is 32.4 Å². The summed E-state index contributed by atoms with van der Waals surface area (Å²) in [6.45, 7) is 4.74. The minimum atomic E-state index is -1.40. The summed E-state index contributed by atoms with van der Waals surface area (Å²) in [5.41, 5.74) is 9.32. The number of fused-ring (bicyclic) bond motifs is 1. The minimum Gasteiger partial charge on any atom is -0.493 e. The number of nitrogens with zero attached hydrogens (tertiary/aromatic N) is 5. The van der Waals surface area contributed by atoms with Crippen molar-refractivity contribution in [1.29, 1.82) is 0 Å². The molecule has 0 saturated heterocycles. The Bertz CT molecular complexity index is 1720. The first kappa shape index (κ1) is 25.1. The van der Waals surface area contributed by atoms with Crippen molar-refractivity contribution in [2.24, 2.45) is 5.73 Å². The lowest BCUT2D eigenvalue weighted by atomic mass is 9.83. The second-order valence-corrected chi connectivity index (χ2v) is 9.77. The van der Waals surface area contributed by atoms with Crippen molar-refractivity contribution >= 4 is 11.8 Å². The summed E-state index contributed by atoms with van der Waals surface area (Å²) in [6, 6.07) is 19.9. The van der Waals surface area contributed by atoms with E-state index < -0.39 is 17.4 Å². The van der Waals surface area contributed by atoms with Gasteiger partial charge in [-0.3, -0.25) is 14.3 Å². The number of hydrogen-bond donors (Lipinski definition) is 2. The molecule has 1 aliphatic rings. The Labute approximate surface area is 229 Å². The molecule has 5 aromatic rings. The highest BCUT2D eigenvalue weighted by Gasteiger charge is 2.45. The maximum absolute atomic E-state index is 13.2. The van der Waals surface area contributed by atoms with Crippen LogP contribution >= 0.6 is 0 Å². The van der Waals surface area contributed by atoms with E-state index in [1.165, 1.54) is 0 Å². The molecule has 202 valence electrons. The number of ether oxygens (including phenoxy) is 1. The average molecular weight is 538 g/mol. The fourth-order valence-corrected chi connectivity index (χ4v) is 4.98. The normalized spacial score (nSPS) is 16.2. The Morgan fingerprint density at radius 2 is 1.88 bits per heavy atom. The van der Waals surface area contributed by atoms with Gasteiger partial charge in [0.25, 0.3) is 5.91 Å². The lowest BCUT2D eigenvalue weighted by molar-refractivity contribution is -0.125. The first-order valence-electron chi connectivity index (χ1n) is 12.8. The number of para-hydroxylation sites is 1. The van der Waals surface area contributed by atoms with Crippen molar-refractivity contribution in [1.82, 2.24) is 30.1 Å². The minimum absolute atomic E-state index is 0.0637. The van der Waals surface area contributed by atoms with Crippen LogP contribution in [0, 0.1) is 13.8 Å². The molecular formula is C29H27N7O4. The third-order valence-electron chi connectivity index (χ3n) is 7.03. The number of furan rings is 1. The van der Waals surface area contributed by atoms with Gasteiger partial charge in [0.2, 0.25) is 5.91 Å². The number of nitrogens with two attached hydrogens (primary N) is 1. The van der Waals surface area contributed by atoms with Crippen LogP contribution in [0.4, 0.5) is 0 Å². The van der Waals surface area contributed by atoms with Gasteiger partial charge in [-0.15, -0.1) is 5.10 Å². The van der Waals surface area contributed by atoms with Crippen LogP contribution in [0.25, 0.3) is 17.0 Å². The molecule has 4 heterocycles. The van der Waals surface area contributed by atoms with E-state index in [9.17, 15) is 9.59 Å². The molecular weight excluding hydrogens is 510 g/mol. The van der Waals surface area contributed by atoms with Gasteiger partial charge in [0, 0.05) is 23.2 Å². The molecule has 2 aromatic carbocycles. The van der Waals surface area contributed by atoms with Crippen LogP contribution < -0.4 is 15.8 Å². The van der Waals surface area contributed by atoms with Crippen LogP contribution in [0.3, 0.4) is 0 Å². The van der Waals surface area contributed by atoms with Crippen LogP contribution in [0.1, 0.15) is 39.6 Å². The molecule has 0 saturated carbocycles. The van der Waals surface area contributed by atoms with E-state index in [1.54, 1.807) is 41.1 Å². The summed E-state index contributed by atoms with van der Waals surface area (Å²) < 4.78 is 15.1. The van der Waals surface area contributed by atoms with Gasteiger partial charge in [0.15, 0.2) is 11.3 Å². The molecule has 0 spiro atoms. The first-order chi connectivity index (χ1) is 19.3. The van der Waals surface area contributed by atoms with E-state index in [1.807, 2.05) is 55.1 Å². The number of nitrogens with one attached hydrogen (secondary N) is 1. The molecule has 11 nitrogen and oxygen atoms in total.